The maximum Gasteiger partial charge on any atom is 0.227 e. The average molecular weight is 302 g/mol. The summed E-state index contributed by atoms with van der Waals surface area (Å²) in [6.07, 6.45) is 0. The molecule has 2 nitrogen and oxygen atoms in total. The molecule has 0 amide bonds. The third kappa shape index (κ3) is 1.75. The normalized spacial score (nSPS) is 11.1. The molecular weight excluding hydrogens is 290 g/mol. The van der Waals surface area contributed by atoms with Crippen LogP contribution >= 0.6 is 15.9 Å². The standard InChI is InChI=1S/C15H12BrNO/c1-9-10(2)14-13(8-12(9)16)17-15(18-14)11-6-4-3-5-7-11/h3-8H,1-2H3. The Morgan fingerprint density at radius 2 is 1.78 bits per heavy atom. The van der Waals surface area contributed by atoms with Crippen LogP contribution in [0.4, 0.5) is 0 Å². The molecule has 0 unspecified atom stereocenters. The van der Waals surface area contributed by atoms with Gasteiger partial charge in [-0.1, -0.05) is 34.1 Å². The first kappa shape index (κ1) is 11.5. The fraction of sp³-hybridized carbons (Fsp3) is 0.133. The van der Waals surface area contributed by atoms with Crippen LogP contribution in [0, 0.1) is 13.8 Å². The SMILES string of the molecule is Cc1c(Br)cc2nc(-c3ccccc3)oc2c1C. The molecular formula is C15H12BrNO. The Labute approximate surface area is 114 Å². The van der Waals surface area contributed by atoms with Gasteiger partial charge in [0.05, 0.1) is 0 Å². The third-order valence-corrected chi connectivity index (χ3v) is 4.02. The highest BCUT2D eigenvalue weighted by Crippen LogP contribution is 2.31. The predicted molar refractivity (Wildman–Crippen MR) is 76.6 cm³/mol. The van der Waals surface area contributed by atoms with E-state index in [9.17, 15) is 0 Å². The number of hydrogen-bond donors (Lipinski definition) is 0. The summed E-state index contributed by atoms with van der Waals surface area (Å²) < 4.78 is 6.96. The molecule has 90 valence electrons. The lowest BCUT2D eigenvalue weighted by molar-refractivity contribution is 0.617. The van der Waals surface area contributed by atoms with Gasteiger partial charge in [-0.2, -0.15) is 0 Å². The van der Waals surface area contributed by atoms with Crippen molar-refractivity contribution in [2.75, 3.05) is 0 Å². The second kappa shape index (κ2) is 4.25. The molecule has 0 atom stereocenters. The number of benzene rings is 2. The molecule has 0 N–H and O–H groups in total. The maximum atomic E-state index is 5.89. The predicted octanol–water partition coefficient (Wildman–Crippen LogP) is 4.87. The molecule has 3 aromatic rings. The number of rotatable bonds is 1. The zero-order valence-electron chi connectivity index (χ0n) is 10.2. The van der Waals surface area contributed by atoms with Gasteiger partial charge in [-0.15, -0.1) is 0 Å². The number of hydrogen-bond acceptors (Lipinski definition) is 2. The van der Waals surface area contributed by atoms with E-state index in [0.29, 0.717) is 5.89 Å². The van der Waals surface area contributed by atoms with Crippen molar-refractivity contribution in [1.82, 2.24) is 4.98 Å². The van der Waals surface area contributed by atoms with Gasteiger partial charge in [-0.25, -0.2) is 4.98 Å². The molecule has 0 radical (unpaired) electrons. The van der Waals surface area contributed by atoms with Crippen LogP contribution < -0.4 is 0 Å². The molecule has 0 spiro atoms. The average Bonchev–Trinajstić information content (AvgIpc) is 2.81. The highest BCUT2D eigenvalue weighted by atomic mass is 79.9. The van der Waals surface area contributed by atoms with Crippen molar-refractivity contribution in [3.63, 3.8) is 0 Å². The first-order valence-electron chi connectivity index (χ1n) is 5.78. The summed E-state index contributed by atoms with van der Waals surface area (Å²) in [4.78, 5) is 4.55. The summed E-state index contributed by atoms with van der Waals surface area (Å²) >= 11 is 3.55. The van der Waals surface area contributed by atoms with Crippen molar-refractivity contribution in [1.29, 1.82) is 0 Å². The largest absolute Gasteiger partial charge is 0.436 e. The number of fused-ring (bicyclic) bond motifs is 1. The van der Waals surface area contributed by atoms with E-state index in [1.165, 1.54) is 5.56 Å². The second-order valence-corrected chi connectivity index (χ2v) is 5.20. The van der Waals surface area contributed by atoms with Crippen LogP contribution in [0.15, 0.2) is 45.3 Å². The lowest BCUT2D eigenvalue weighted by Crippen LogP contribution is -1.83. The van der Waals surface area contributed by atoms with Crippen molar-refractivity contribution in [2.24, 2.45) is 0 Å². The molecule has 0 aliphatic carbocycles. The van der Waals surface area contributed by atoms with Gasteiger partial charge < -0.3 is 4.42 Å². The summed E-state index contributed by atoms with van der Waals surface area (Å²) in [7, 11) is 0. The Kier molecular flexibility index (Phi) is 2.71. The van der Waals surface area contributed by atoms with Crippen molar-refractivity contribution in [3.8, 4) is 11.5 Å². The minimum atomic E-state index is 0.672. The topological polar surface area (TPSA) is 26.0 Å². The Balaban J connectivity index is 2.27. The van der Waals surface area contributed by atoms with Gasteiger partial charge in [0.1, 0.15) is 5.52 Å². The van der Waals surface area contributed by atoms with E-state index < -0.39 is 0 Å². The first-order valence-corrected chi connectivity index (χ1v) is 6.58. The quantitative estimate of drug-likeness (QED) is 0.640. The Morgan fingerprint density at radius 3 is 2.50 bits per heavy atom. The lowest BCUT2D eigenvalue weighted by atomic mass is 10.1. The number of nitrogens with zero attached hydrogens (tertiary/aromatic N) is 1. The molecule has 3 rings (SSSR count). The zero-order chi connectivity index (χ0) is 12.7. The van der Waals surface area contributed by atoms with E-state index in [1.54, 1.807) is 0 Å². The van der Waals surface area contributed by atoms with E-state index in [1.807, 2.05) is 36.4 Å². The van der Waals surface area contributed by atoms with E-state index >= 15 is 0 Å². The van der Waals surface area contributed by atoms with Gasteiger partial charge in [0.2, 0.25) is 5.89 Å². The van der Waals surface area contributed by atoms with Crippen molar-refractivity contribution >= 4 is 27.0 Å². The van der Waals surface area contributed by atoms with E-state index in [0.717, 1.165) is 26.7 Å². The zero-order valence-corrected chi connectivity index (χ0v) is 11.8. The van der Waals surface area contributed by atoms with Crippen LogP contribution in [0.25, 0.3) is 22.6 Å². The molecule has 0 saturated carbocycles. The molecule has 0 fully saturated rings. The summed E-state index contributed by atoms with van der Waals surface area (Å²) in [6, 6.07) is 12.0. The maximum absolute atomic E-state index is 5.89. The fourth-order valence-corrected chi connectivity index (χ4v) is 2.49. The van der Waals surface area contributed by atoms with Crippen molar-refractivity contribution < 1.29 is 4.42 Å². The van der Waals surface area contributed by atoms with Crippen LogP contribution in [-0.2, 0) is 0 Å². The van der Waals surface area contributed by atoms with Gasteiger partial charge in [-0.3, -0.25) is 0 Å². The molecule has 0 bridgehead atoms. The molecule has 1 heterocycles. The van der Waals surface area contributed by atoms with Gasteiger partial charge >= 0.3 is 0 Å². The molecule has 0 saturated heterocycles. The van der Waals surface area contributed by atoms with Crippen molar-refractivity contribution in [2.45, 2.75) is 13.8 Å². The van der Waals surface area contributed by atoms with Gasteiger partial charge in [0.25, 0.3) is 0 Å². The Hall–Kier alpha value is -1.61. The monoisotopic (exact) mass is 301 g/mol. The molecule has 18 heavy (non-hydrogen) atoms. The Bertz CT molecular complexity index is 716. The number of aryl methyl sites for hydroxylation is 1. The van der Waals surface area contributed by atoms with Crippen molar-refractivity contribution in [3.05, 3.63) is 52.0 Å². The highest BCUT2D eigenvalue weighted by molar-refractivity contribution is 9.10. The van der Waals surface area contributed by atoms with Crippen LogP contribution in [0.2, 0.25) is 0 Å². The smallest absolute Gasteiger partial charge is 0.227 e. The molecule has 1 aromatic heterocycles. The first-order chi connectivity index (χ1) is 8.66. The van der Waals surface area contributed by atoms with Gasteiger partial charge in [-0.05, 0) is 43.2 Å². The summed E-state index contributed by atoms with van der Waals surface area (Å²) in [5, 5.41) is 0. The van der Waals surface area contributed by atoms with Crippen LogP contribution in [-0.4, -0.2) is 4.98 Å². The molecule has 0 aliphatic rings. The Morgan fingerprint density at radius 1 is 1.06 bits per heavy atom. The molecule has 3 heteroatoms. The second-order valence-electron chi connectivity index (χ2n) is 4.34. The van der Waals surface area contributed by atoms with E-state index in [-0.39, 0.29) is 0 Å². The van der Waals surface area contributed by atoms with Gasteiger partial charge in [0.15, 0.2) is 5.58 Å². The number of oxazole rings is 1. The summed E-state index contributed by atoms with van der Waals surface area (Å²) in [6.45, 7) is 4.13. The summed E-state index contributed by atoms with van der Waals surface area (Å²) in [5.41, 5.74) is 5.09. The summed E-state index contributed by atoms with van der Waals surface area (Å²) in [5.74, 6) is 0.672. The van der Waals surface area contributed by atoms with Gasteiger partial charge in [0, 0.05) is 10.0 Å². The van der Waals surface area contributed by atoms with Crippen LogP contribution in [0.1, 0.15) is 11.1 Å². The third-order valence-electron chi connectivity index (χ3n) is 3.20. The number of halogens is 1. The van der Waals surface area contributed by atoms with Crippen LogP contribution in [0.5, 0.6) is 0 Å². The lowest BCUT2D eigenvalue weighted by Gasteiger charge is -2.01. The van der Waals surface area contributed by atoms with E-state index in [2.05, 4.69) is 34.8 Å². The minimum absolute atomic E-state index is 0.672. The number of aromatic nitrogens is 1. The van der Waals surface area contributed by atoms with E-state index in [4.69, 9.17) is 4.42 Å². The highest BCUT2D eigenvalue weighted by Gasteiger charge is 2.13. The minimum Gasteiger partial charge on any atom is -0.436 e. The molecule has 2 aromatic carbocycles. The fourth-order valence-electron chi connectivity index (χ4n) is 1.98. The van der Waals surface area contributed by atoms with Crippen LogP contribution in [0.3, 0.4) is 0 Å². The molecule has 0 aliphatic heterocycles.